The number of benzene rings is 2. The molecular weight excluding hydrogens is 456 g/mol. The van der Waals surface area contributed by atoms with Gasteiger partial charge in [-0.2, -0.15) is 0 Å². The zero-order valence-electron chi connectivity index (χ0n) is 19.8. The molecule has 0 aliphatic carbocycles. The van der Waals surface area contributed by atoms with Crippen molar-refractivity contribution in [2.24, 2.45) is 0 Å². The number of rotatable bonds is 11. The Morgan fingerprint density at radius 3 is 2.35 bits per heavy atom. The highest BCUT2D eigenvalue weighted by Gasteiger charge is 2.20. The molecule has 0 atom stereocenters. The number of ether oxygens (including phenoxy) is 3. The number of aryl methyl sites for hydroxylation is 1. The number of halogens is 1. The van der Waals surface area contributed by atoms with E-state index in [-0.39, 0.29) is 5.57 Å². The van der Waals surface area contributed by atoms with Gasteiger partial charge in [-0.05, 0) is 41.8 Å². The molecule has 0 radical (unpaired) electrons. The lowest BCUT2D eigenvalue weighted by Crippen LogP contribution is -2.09. The number of nitrogens with zero attached hydrogens (tertiary/aromatic N) is 2. The fourth-order valence-corrected chi connectivity index (χ4v) is 3.91. The summed E-state index contributed by atoms with van der Waals surface area (Å²) < 4.78 is 18.2. The van der Waals surface area contributed by atoms with Crippen molar-refractivity contribution in [1.82, 2.24) is 9.55 Å². The van der Waals surface area contributed by atoms with Crippen LogP contribution in [0.1, 0.15) is 42.4 Å². The average Bonchev–Trinajstić information content (AvgIpc) is 3.22. The van der Waals surface area contributed by atoms with E-state index in [1.165, 1.54) is 21.3 Å². The average molecular weight is 485 g/mol. The highest BCUT2D eigenvalue weighted by Crippen LogP contribution is 2.40. The minimum Gasteiger partial charge on any atom is -0.493 e. The third kappa shape index (κ3) is 5.54. The summed E-state index contributed by atoms with van der Waals surface area (Å²) in [5.74, 6) is 0.927. The van der Waals surface area contributed by atoms with Crippen LogP contribution in [-0.4, -0.2) is 42.0 Å². The first-order valence-corrected chi connectivity index (χ1v) is 11.3. The molecule has 0 saturated carbocycles. The van der Waals surface area contributed by atoms with Crippen LogP contribution in [0.3, 0.4) is 0 Å². The number of unbranched alkanes of at least 4 members (excludes halogenated alkanes) is 1. The van der Waals surface area contributed by atoms with Gasteiger partial charge in [0.25, 0.3) is 0 Å². The smallest absolute Gasteiger partial charge is 0.336 e. The Hall–Kier alpha value is -3.45. The highest BCUT2D eigenvalue weighted by atomic mass is 35.5. The Labute approximate surface area is 204 Å². The molecule has 2 aromatic carbocycles. The molecule has 0 fully saturated rings. The van der Waals surface area contributed by atoms with E-state index in [1.807, 2.05) is 28.8 Å². The number of imidazole rings is 1. The molecule has 0 amide bonds. The summed E-state index contributed by atoms with van der Waals surface area (Å²) >= 11 is 6.41. The minimum atomic E-state index is -1.09. The van der Waals surface area contributed by atoms with Gasteiger partial charge in [0.2, 0.25) is 5.75 Å². The summed E-state index contributed by atoms with van der Waals surface area (Å²) in [5, 5.41) is 10.7. The monoisotopic (exact) mass is 484 g/mol. The van der Waals surface area contributed by atoms with E-state index in [1.54, 1.807) is 24.4 Å². The Morgan fingerprint density at radius 1 is 1.12 bits per heavy atom. The molecule has 0 aliphatic rings. The minimum absolute atomic E-state index is 0.0709. The molecule has 0 spiro atoms. The lowest BCUT2D eigenvalue weighted by molar-refractivity contribution is -0.130. The van der Waals surface area contributed by atoms with Crippen molar-refractivity contribution in [2.45, 2.75) is 32.7 Å². The highest BCUT2D eigenvalue weighted by molar-refractivity contribution is 6.31. The van der Waals surface area contributed by atoms with Gasteiger partial charge < -0.3 is 23.9 Å². The first-order chi connectivity index (χ1) is 16.4. The Bertz CT molecular complexity index is 1160. The van der Waals surface area contributed by atoms with Crippen LogP contribution < -0.4 is 14.2 Å². The molecule has 0 unspecified atom stereocenters. The van der Waals surface area contributed by atoms with Gasteiger partial charge in [0.05, 0.1) is 45.3 Å². The van der Waals surface area contributed by atoms with Crippen LogP contribution in [0.4, 0.5) is 0 Å². The molecular formula is C26H29ClN2O5. The number of aliphatic carboxylic acids is 1. The van der Waals surface area contributed by atoms with E-state index in [4.69, 9.17) is 25.8 Å². The van der Waals surface area contributed by atoms with Gasteiger partial charge in [-0.15, -0.1) is 0 Å². The molecule has 1 N–H and O–H groups in total. The number of carboxylic acids is 1. The SMILES string of the molecule is CCCCc1ncc(/C=C(/C(=O)O)c2cc(OC)c(OC)c(OC)c2)n1Cc1ccccc1Cl. The molecule has 7 nitrogen and oxygen atoms in total. The van der Waals surface area contributed by atoms with E-state index in [2.05, 4.69) is 11.9 Å². The molecule has 1 heterocycles. The van der Waals surface area contributed by atoms with Crippen LogP contribution in [0.5, 0.6) is 17.2 Å². The molecule has 34 heavy (non-hydrogen) atoms. The van der Waals surface area contributed by atoms with Gasteiger partial charge in [-0.3, -0.25) is 0 Å². The van der Waals surface area contributed by atoms with Crippen molar-refractivity contribution in [2.75, 3.05) is 21.3 Å². The van der Waals surface area contributed by atoms with Crippen molar-refractivity contribution in [1.29, 1.82) is 0 Å². The second-order valence-corrected chi connectivity index (χ2v) is 8.06. The van der Waals surface area contributed by atoms with Gasteiger partial charge in [0, 0.05) is 11.4 Å². The van der Waals surface area contributed by atoms with Gasteiger partial charge in [0.1, 0.15) is 5.82 Å². The first kappa shape index (κ1) is 25.2. The normalized spacial score (nSPS) is 11.4. The Kier molecular flexibility index (Phi) is 8.60. The molecule has 0 saturated heterocycles. The molecule has 0 aliphatic heterocycles. The third-order valence-corrected chi connectivity index (χ3v) is 5.88. The second kappa shape index (κ2) is 11.6. The lowest BCUT2D eigenvalue weighted by atomic mass is 10.0. The largest absolute Gasteiger partial charge is 0.493 e. The van der Waals surface area contributed by atoms with Crippen LogP contribution in [0.15, 0.2) is 42.6 Å². The maximum atomic E-state index is 12.3. The van der Waals surface area contributed by atoms with Gasteiger partial charge in [0.15, 0.2) is 11.5 Å². The predicted molar refractivity (Wildman–Crippen MR) is 133 cm³/mol. The summed E-state index contributed by atoms with van der Waals surface area (Å²) in [5.41, 5.74) is 2.08. The van der Waals surface area contributed by atoms with Crippen LogP contribution in [0.25, 0.3) is 11.6 Å². The zero-order valence-corrected chi connectivity index (χ0v) is 20.6. The summed E-state index contributed by atoms with van der Waals surface area (Å²) in [6.45, 7) is 2.60. The second-order valence-electron chi connectivity index (χ2n) is 7.66. The number of aromatic nitrogens is 2. The van der Waals surface area contributed by atoms with Crippen LogP contribution in [-0.2, 0) is 17.8 Å². The number of methoxy groups -OCH3 is 3. The lowest BCUT2D eigenvalue weighted by Gasteiger charge is -2.15. The van der Waals surface area contributed by atoms with E-state index >= 15 is 0 Å². The third-order valence-electron chi connectivity index (χ3n) is 5.51. The maximum Gasteiger partial charge on any atom is 0.336 e. The van der Waals surface area contributed by atoms with Gasteiger partial charge >= 0.3 is 5.97 Å². The van der Waals surface area contributed by atoms with Crippen LogP contribution >= 0.6 is 11.6 Å². The molecule has 0 bridgehead atoms. The number of carboxylic acid groups (broad SMARTS) is 1. The topological polar surface area (TPSA) is 82.8 Å². The first-order valence-electron chi connectivity index (χ1n) is 11.0. The predicted octanol–water partition coefficient (Wildman–Crippen LogP) is 5.58. The summed E-state index contributed by atoms with van der Waals surface area (Å²) in [6, 6.07) is 10.8. The van der Waals surface area contributed by atoms with Gasteiger partial charge in [-0.25, -0.2) is 9.78 Å². The molecule has 3 aromatic rings. The number of hydrogen-bond donors (Lipinski definition) is 1. The summed E-state index contributed by atoms with van der Waals surface area (Å²) in [4.78, 5) is 16.9. The van der Waals surface area contributed by atoms with Crippen molar-refractivity contribution >= 4 is 29.2 Å². The summed E-state index contributed by atoms with van der Waals surface area (Å²) in [7, 11) is 4.48. The molecule has 1 aromatic heterocycles. The van der Waals surface area contributed by atoms with Crippen molar-refractivity contribution < 1.29 is 24.1 Å². The fourth-order valence-electron chi connectivity index (χ4n) is 3.71. The van der Waals surface area contributed by atoms with Crippen molar-refractivity contribution in [3.8, 4) is 17.2 Å². The number of carbonyl (C=O) groups is 1. The maximum absolute atomic E-state index is 12.3. The van der Waals surface area contributed by atoms with Crippen molar-refractivity contribution in [3.05, 3.63) is 70.3 Å². The quantitative estimate of drug-likeness (QED) is 0.358. The molecule has 3 rings (SSSR count). The van der Waals surface area contributed by atoms with E-state index in [9.17, 15) is 9.90 Å². The zero-order chi connectivity index (χ0) is 24.7. The fraction of sp³-hybridized carbons (Fsp3) is 0.308. The summed E-state index contributed by atoms with van der Waals surface area (Å²) in [6.07, 6.45) is 6.09. The standard InChI is InChI=1S/C26H29ClN2O5/c1-5-6-11-24-28-15-19(29(24)16-17-9-7-8-10-21(17)27)14-20(26(30)31)18-12-22(32-2)25(34-4)23(13-18)33-3/h7-10,12-15H,5-6,11,16H2,1-4H3,(H,30,31)/b20-14+. The van der Waals surface area contributed by atoms with E-state index in [0.29, 0.717) is 40.1 Å². The Balaban J connectivity index is 2.14. The molecule has 8 heteroatoms. The Morgan fingerprint density at radius 2 is 1.79 bits per heavy atom. The van der Waals surface area contributed by atoms with Gasteiger partial charge in [-0.1, -0.05) is 43.1 Å². The number of hydrogen-bond acceptors (Lipinski definition) is 5. The van der Waals surface area contributed by atoms with Crippen LogP contribution in [0.2, 0.25) is 5.02 Å². The van der Waals surface area contributed by atoms with E-state index in [0.717, 1.165) is 30.7 Å². The van der Waals surface area contributed by atoms with Crippen LogP contribution in [0, 0.1) is 0 Å². The van der Waals surface area contributed by atoms with Crippen molar-refractivity contribution in [3.63, 3.8) is 0 Å². The van der Waals surface area contributed by atoms with E-state index < -0.39 is 5.97 Å². The molecule has 180 valence electrons.